The van der Waals surface area contributed by atoms with Gasteiger partial charge in [-0.1, -0.05) is 18.2 Å². The molecule has 1 aromatic carbocycles. The van der Waals surface area contributed by atoms with Crippen molar-refractivity contribution in [1.29, 1.82) is 5.26 Å². The van der Waals surface area contributed by atoms with Gasteiger partial charge in [-0.3, -0.25) is 4.90 Å². The summed E-state index contributed by atoms with van der Waals surface area (Å²) in [4.78, 5) is 2.40. The largest absolute Gasteiger partial charge is 0.478 e. The number of benzene rings is 1. The number of nitrogens with one attached hydrogen (secondary N) is 1. The van der Waals surface area contributed by atoms with Crippen LogP contribution in [0.2, 0.25) is 0 Å². The summed E-state index contributed by atoms with van der Waals surface area (Å²) < 4.78 is 10.7. The first-order valence-electron chi connectivity index (χ1n) is 6.98. The molecular formula is C15H21N3O2. The van der Waals surface area contributed by atoms with E-state index in [1.165, 1.54) is 0 Å². The third-order valence-electron chi connectivity index (χ3n) is 3.29. The van der Waals surface area contributed by atoms with Gasteiger partial charge in [0.15, 0.2) is 6.61 Å². The number of nitrogens with zero attached hydrogens (tertiary/aromatic N) is 2. The number of hydrogen-bond donors (Lipinski definition) is 1. The quantitative estimate of drug-likeness (QED) is 0.753. The van der Waals surface area contributed by atoms with Gasteiger partial charge in [0.2, 0.25) is 0 Å². The molecule has 5 heteroatoms. The van der Waals surface area contributed by atoms with E-state index >= 15 is 0 Å². The number of hydrogen-bond acceptors (Lipinski definition) is 5. The molecule has 0 unspecified atom stereocenters. The van der Waals surface area contributed by atoms with Gasteiger partial charge >= 0.3 is 0 Å². The zero-order valence-electron chi connectivity index (χ0n) is 11.7. The second kappa shape index (κ2) is 8.54. The molecule has 0 aliphatic carbocycles. The van der Waals surface area contributed by atoms with Crippen LogP contribution in [-0.2, 0) is 11.3 Å². The first-order valence-corrected chi connectivity index (χ1v) is 6.98. The molecule has 2 rings (SSSR count). The minimum atomic E-state index is 0.0881. The third kappa shape index (κ3) is 4.82. The fraction of sp³-hybridized carbons (Fsp3) is 0.533. The van der Waals surface area contributed by atoms with Crippen LogP contribution in [0.5, 0.6) is 5.75 Å². The van der Waals surface area contributed by atoms with E-state index in [2.05, 4.69) is 10.2 Å². The van der Waals surface area contributed by atoms with Crippen molar-refractivity contribution in [2.24, 2.45) is 0 Å². The van der Waals surface area contributed by atoms with Crippen molar-refractivity contribution in [3.05, 3.63) is 29.8 Å². The molecule has 0 aromatic heterocycles. The Morgan fingerprint density at radius 2 is 2.10 bits per heavy atom. The van der Waals surface area contributed by atoms with Gasteiger partial charge in [-0.05, 0) is 6.07 Å². The molecule has 1 aliphatic rings. The van der Waals surface area contributed by atoms with Gasteiger partial charge in [0.05, 0.1) is 13.2 Å². The zero-order valence-corrected chi connectivity index (χ0v) is 11.7. The van der Waals surface area contributed by atoms with E-state index < -0.39 is 0 Å². The van der Waals surface area contributed by atoms with Crippen LogP contribution in [0.15, 0.2) is 24.3 Å². The second-order valence-electron chi connectivity index (χ2n) is 4.69. The Morgan fingerprint density at radius 3 is 2.90 bits per heavy atom. The molecule has 0 saturated carbocycles. The Labute approximate surface area is 120 Å². The summed E-state index contributed by atoms with van der Waals surface area (Å²) >= 11 is 0. The van der Waals surface area contributed by atoms with Gasteiger partial charge in [0.1, 0.15) is 11.8 Å². The van der Waals surface area contributed by atoms with Gasteiger partial charge < -0.3 is 14.8 Å². The van der Waals surface area contributed by atoms with Crippen molar-refractivity contribution < 1.29 is 9.47 Å². The number of para-hydroxylation sites is 1. The zero-order chi connectivity index (χ0) is 14.0. The van der Waals surface area contributed by atoms with Crippen molar-refractivity contribution in [3.8, 4) is 11.8 Å². The Kier molecular flexibility index (Phi) is 6.32. The number of morpholine rings is 1. The third-order valence-corrected chi connectivity index (χ3v) is 3.29. The highest BCUT2D eigenvalue weighted by atomic mass is 16.5. The normalized spacial score (nSPS) is 15.8. The highest BCUT2D eigenvalue weighted by Gasteiger charge is 2.09. The molecule has 1 saturated heterocycles. The van der Waals surface area contributed by atoms with Crippen LogP contribution in [0.4, 0.5) is 0 Å². The van der Waals surface area contributed by atoms with Crippen LogP contribution in [0.1, 0.15) is 5.56 Å². The highest BCUT2D eigenvalue weighted by Crippen LogP contribution is 2.17. The second-order valence-corrected chi connectivity index (χ2v) is 4.69. The van der Waals surface area contributed by atoms with E-state index in [1.54, 1.807) is 0 Å². The van der Waals surface area contributed by atoms with E-state index in [1.807, 2.05) is 30.3 Å². The molecule has 1 fully saturated rings. The van der Waals surface area contributed by atoms with Crippen molar-refractivity contribution in [1.82, 2.24) is 10.2 Å². The Morgan fingerprint density at radius 1 is 1.30 bits per heavy atom. The monoisotopic (exact) mass is 275 g/mol. The lowest BCUT2D eigenvalue weighted by Gasteiger charge is -2.26. The molecule has 0 atom stereocenters. The van der Waals surface area contributed by atoms with Crippen LogP contribution in [-0.4, -0.2) is 50.9 Å². The van der Waals surface area contributed by atoms with Crippen LogP contribution in [0.3, 0.4) is 0 Å². The molecule has 0 bridgehead atoms. The fourth-order valence-corrected chi connectivity index (χ4v) is 2.19. The standard InChI is InChI=1S/C15H21N3O2/c16-5-10-20-15-4-2-1-3-14(15)13-17-6-7-18-8-11-19-12-9-18/h1-4,17H,6-13H2. The summed E-state index contributed by atoms with van der Waals surface area (Å²) in [6.45, 7) is 6.52. The molecule has 0 radical (unpaired) electrons. The van der Waals surface area contributed by atoms with E-state index in [4.69, 9.17) is 14.7 Å². The predicted octanol–water partition coefficient (Wildman–Crippen LogP) is 1.01. The number of ether oxygens (including phenoxy) is 2. The summed E-state index contributed by atoms with van der Waals surface area (Å²) in [6.07, 6.45) is 0. The van der Waals surface area contributed by atoms with Crippen LogP contribution in [0.25, 0.3) is 0 Å². The molecule has 20 heavy (non-hydrogen) atoms. The smallest absolute Gasteiger partial charge is 0.174 e. The predicted molar refractivity (Wildman–Crippen MR) is 76.5 cm³/mol. The fourth-order valence-electron chi connectivity index (χ4n) is 2.19. The van der Waals surface area contributed by atoms with Crippen molar-refractivity contribution in [2.75, 3.05) is 46.0 Å². The Bertz CT molecular complexity index is 439. The van der Waals surface area contributed by atoms with E-state index in [9.17, 15) is 0 Å². The molecular weight excluding hydrogens is 254 g/mol. The molecule has 1 aliphatic heterocycles. The minimum absolute atomic E-state index is 0.0881. The minimum Gasteiger partial charge on any atom is -0.478 e. The lowest BCUT2D eigenvalue weighted by molar-refractivity contribution is 0.0384. The number of nitriles is 1. The summed E-state index contributed by atoms with van der Waals surface area (Å²) in [7, 11) is 0. The van der Waals surface area contributed by atoms with Gasteiger partial charge in [0, 0.05) is 38.3 Å². The Balaban J connectivity index is 1.71. The lowest BCUT2D eigenvalue weighted by atomic mass is 10.2. The van der Waals surface area contributed by atoms with Crippen molar-refractivity contribution in [2.45, 2.75) is 6.54 Å². The SMILES string of the molecule is N#CCOc1ccccc1CNCCN1CCOCC1. The van der Waals surface area contributed by atoms with Gasteiger partial charge in [-0.15, -0.1) is 0 Å². The maximum absolute atomic E-state index is 8.57. The molecule has 1 heterocycles. The summed E-state index contributed by atoms with van der Waals surface area (Å²) in [5, 5.41) is 12.0. The Hall–Kier alpha value is -1.61. The average Bonchev–Trinajstić information content (AvgIpc) is 2.51. The number of rotatable bonds is 7. The van der Waals surface area contributed by atoms with E-state index in [0.717, 1.165) is 57.3 Å². The topological polar surface area (TPSA) is 57.5 Å². The molecule has 5 nitrogen and oxygen atoms in total. The summed E-state index contributed by atoms with van der Waals surface area (Å²) in [5.74, 6) is 0.785. The molecule has 0 amide bonds. The molecule has 1 aromatic rings. The van der Waals surface area contributed by atoms with Gasteiger partial charge in [0.25, 0.3) is 0 Å². The van der Waals surface area contributed by atoms with Gasteiger partial charge in [-0.25, -0.2) is 0 Å². The maximum atomic E-state index is 8.57. The van der Waals surface area contributed by atoms with Crippen LogP contribution < -0.4 is 10.1 Å². The maximum Gasteiger partial charge on any atom is 0.174 e. The van der Waals surface area contributed by atoms with Crippen LogP contribution in [0, 0.1) is 11.3 Å². The first kappa shape index (κ1) is 14.8. The van der Waals surface area contributed by atoms with E-state index in [-0.39, 0.29) is 6.61 Å². The summed E-state index contributed by atoms with van der Waals surface area (Å²) in [5.41, 5.74) is 1.09. The highest BCUT2D eigenvalue weighted by molar-refractivity contribution is 5.33. The van der Waals surface area contributed by atoms with Gasteiger partial charge in [-0.2, -0.15) is 5.26 Å². The van der Waals surface area contributed by atoms with Crippen LogP contribution >= 0.6 is 0 Å². The molecule has 108 valence electrons. The summed E-state index contributed by atoms with van der Waals surface area (Å²) in [6, 6.07) is 9.82. The molecule has 0 spiro atoms. The average molecular weight is 275 g/mol. The van der Waals surface area contributed by atoms with E-state index in [0.29, 0.717) is 0 Å². The van der Waals surface area contributed by atoms with Crippen molar-refractivity contribution in [3.63, 3.8) is 0 Å². The lowest BCUT2D eigenvalue weighted by Crippen LogP contribution is -2.40. The van der Waals surface area contributed by atoms with Crippen molar-refractivity contribution >= 4 is 0 Å². The molecule has 1 N–H and O–H groups in total. The first-order chi connectivity index (χ1) is 9.90.